The van der Waals surface area contributed by atoms with E-state index in [1.165, 1.54) is 0 Å². The summed E-state index contributed by atoms with van der Waals surface area (Å²) in [6.45, 7) is 4.31. The lowest BCUT2D eigenvalue weighted by Crippen LogP contribution is -2.09. The monoisotopic (exact) mass is 274 g/mol. The molecule has 5 heteroatoms. The Labute approximate surface area is 117 Å². The lowest BCUT2D eigenvalue weighted by molar-refractivity contribution is 0.556. The Morgan fingerprint density at radius 1 is 1.53 bits per heavy atom. The number of anilines is 1. The van der Waals surface area contributed by atoms with Crippen molar-refractivity contribution in [3.8, 4) is 6.07 Å². The molecule has 2 rings (SSSR count). The van der Waals surface area contributed by atoms with Gasteiger partial charge in [-0.1, -0.05) is 6.92 Å². The Hall–Kier alpha value is -1.67. The van der Waals surface area contributed by atoms with Gasteiger partial charge in [-0.25, -0.2) is 4.98 Å². The summed E-state index contributed by atoms with van der Waals surface area (Å²) in [5, 5.41) is 8.99. The smallest absolute Gasteiger partial charge is 0.201 e. The Morgan fingerprint density at radius 3 is 3.00 bits per heavy atom. The van der Waals surface area contributed by atoms with Crippen molar-refractivity contribution in [2.24, 2.45) is 0 Å². The summed E-state index contributed by atoms with van der Waals surface area (Å²) in [6, 6.07) is 7.94. The van der Waals surface area contributed by atoms with Crippen LogP contribution in [0.1, 0.15) is 31.9 Å². The Bertz CT molecular complexity index is 612. The van der Waals surface area contributed by atoms with Crippen LogP contribution >= 0.6 is 11.8 Å². The second-order valence-corrected chi connectivity index (χ2v) is 5.88. The summed E-state index contributed by atoms with van der Waals surface area (Å²) >= 11 is 1.93. The van der Waals surface area contributed by atoms with Gasteiger partial charge in [0.1, 0.15) is 0 Å². The number of nitrogens with two attached hydrogens (primary N) is 1. The van der Waals surface area contributed by atoms with Crippen LogP contribution in [0.15, 0.2) is 18.2 Å². The minimum atomic E-state index is 0.290. The molecule has 0 fully saturated rings. The fourth-order valence-electron chi connectivity index (χ4n) is 2.17. The first-order valence-corrected chi connectivity index (χ1v) is 7.58. The number of imidazole rings is 1. The lowest BCUT2D eigenvalue weighted by atomic mass is 10.2. The molecule has 1 unspecified atom stereocenters. The van der Waals surface area contributed by atoms with Crippen LogP contribution in [-0.2, 0) is 0 Å². The van der Waals surface area contributed by atoms with Gasteiger partial charge >= 0.3 is 0 Å². The minimum Gasteiger partial charge on any atom is -0.369 e. The van der Waals surface area contributed by atoms with Crippen LogP contribution in [0.25, 0.3) is 11.0 Å². The highest BCUT2D eigenvalue weighted by atomic mass is 32.2. The second kappa shape index (κ2) is 5.98. The van der Waals surface area contributed by atoms with Gasteiger partial charge in [0, 0.05) is 6.04 Å². The molecule has 19 heavy (non-hydrogen) atoms. The lowest BCUT2D eigenvalue weighted by Gasteiger charge is -2.15. The van der Waals surface area contributed by atoms with Gasteiger partial charge < -0.3 is 10.3 Å². The maximum absolute atomic E-state index is 8.99. The van der Waals surface area contributed by atoms with Gasteiger partial charge in [-0.05, 0) is 43.0 Å². The van der Waals surface area contributed by atoms with Gasteiger partial charge in [0.25, 0.3) is 0 Å². The first kappa shape index (κ1) is 13.8. The number of thioether (sulfide) groups is 1. The molecule has 0 bridgehead atoms. The number of fused-ring (bicyclic) bond motifs is 1. The average Bonchev–Trinajstić information content (AvgIpc) is 2.73. The van der Waals surface area contributed by atoms with Crippen molar-refractivity contribution in [1.82, 2.24) is 9.55 Å². The fourth-order valence-corrected chi connectivity index (χ4v) is 2.97. The molecule has 0 amide bonds. The quantitative estimate of drug-likeness (QED) is 0.850. The molecular weight excluding hydrogens is 256 g/mol. The van der Waals surface area contributed by atoms with Crippen molar-refractivity contribution in [3.05, 3.63) is 23.8 Å². The van der Waals surface area contributed by atoms with Gasteiger partial charge in [0.05, 0.1) is 22.7 Å². The SMILES string of the molecule is CCSCCC(C)n1c(N)nc2ccc(C#N)cc21. The maximum Gasteiger partial charge on any atom is 0.201 e. The Balaban J connectivity index is 2.35. The maximum atomic E-state index is 8.99. The highest BCUT2D eigenvalue weighted by Gasteiger charge is 2.14. The Morgan fingerprint density at radius 2 is 2.32 bits per heavy atom. The van der Waals surface area contributed by atoms with Crippen LogP contribution in [-0.4, -0.2) is 21.1 Å². The average molecular weight is 274 g/mol. The van der Waals surface area contributed by atoms with Crippen molar-refractivity contribution in [2.45, 2.75) is 26.3 Å². The number of benzene rings is 1. The van der Waals surface area contributed by atoms with E-state index in [1.807, 2.05) is 28.5 Å². The molecule has 0 radical (unpaired) electrons. The van der Waals surface area contributed by atoms with Crippen LogP contribution in [0.3, 0.4) is 0 Å². The van der Waals surface area contributed by atoms with Crippen molar-refractivity contribution >= 4 is 28.7 Å². The molecule has 1 atom stereocenters. The first-order valence-electron chi connectivity index (χ1n) is 6.42. The predicted octanol–water partition coefficient (Wildman–Crippen LogP) is 3.19. The van der Waals surface area contributed by atoms with E-state index in [4.69, 9.17) is 11.0 Å². The zero-order valence-corrected chi connectivity index (χ0v) is 12.1. The van der Waals surface area contributed by atoms with E-state index < -0.39 is 0 Å². The zero-order chi connectivity index (χ0) is 13.8. The fraction of sp³-hybridized carbons (Fsp3) is 0.429. The number of aromatic nitrogens is 2. The summed E-state index contributed by atoms with van der Waals surface area (Å²) in [7, 11) is 0. The number of nitriles is 1. The highest BCUT2D eigenvalue weighted by Crippen LogP contribution is 2.26. The highest BCUT2D eigenvalue weighted by molar-refractivity contribution is 7.99. The molecule has 1 heterocycles. The molecule has 0 aliphatic carbocycles. The molecule has 2 N–H and O–H groups in total. The molecule has 0 saturated carbocycles. The minimum absolute atomic E-state index is 0.290. The van der Waals surface area contributed by atoms with Crippen LogP contribution in [0, 0.1) is 11.3 Å². The largest absolute Gasteiger partial charge is 0.369 e. The normalized spacial score (nSPS) is 12.5. The number of hydrogen-bond acceptors (Lipinski definition) is 4. The van der Waals surface area contributed by atoms with E-state index in [2.05, 4.69) is 24.9 Å². The van der Waals surface area contributed by atoms with Gasteiger partial charge in [-0.2, -0.15) is 17.0 Å². The van der Waals surface area contributed by atoms with E-state index in [0.29, 0.717) is 11.5 Å². The van der Waals surface area contributed by atoms with Gasteiger partial charge in [0.15, 0.2) is 0 Å². The molecule has 100 valence electrons. The summed E-state index contributed by atoms with van der Waals surface area (Å²) in [6.07, 6.45) is 1.05. The van der Waals surface area contributed by atoms with Crippen LogP contribution < -0.4 is 5.73 Å². The zero-order valence-electron chi connectivity index (χ0n) is 11.3. The first-order chi connectivity index (χ1) is 9.17. The van der Waals surface area contributed by atoms with E-state index >= 15 is 0 Å². The van der Waals surface area contributed by atoms with Gasteiger partial charge in [0.2, 0.25) is 5.95 Å². The van der Waals surface area contributed by atoms with Crippen molar-refractivity contribution in [1.29, 1.82) is 5.26 Å². The molecule has 2 aromatic rings. The molecule has 0 aliphatic rings. The predicted molar refractivity (Wildman–Crippen MR) is 81.2 cm³/mol. The molecule has 0 spiro atoms. The van der Waals surface area contributed by atoms with Gasteiger partial charge in [-0.3, -0.25) is 0 Å². The van der Waals surface area contributed by atoms with E-state index in [9.17, 15) is 0 Å². The van der Waals surface area contributed by atoms with Crippen LogP contribution in [0.2, 0.25) is 0 Å². The van der Waals surface area contributed by atoms with Crippen molar-refractivity contribution in [2.75, 3.05) is 17.2 Å². The van der Waals surface area contributed by atoms with E-state index in [1.54, 1.807) is 6.07 Å². The number of nitrogen functional groups attached to an aromatic ring is 1. The number of hydrogen-bond donors (Lipinski definition) is 1. The molecule has 4 nitrogen and oxygen atoms in total. The third kappa shape index (κ3) is 2.85. The summed E-state index contributed by atoms with van der Waals surface area (Å²) in [5.74, 6) is 2.76. The third-order valence-corrected chi connectivity index (χ3v) is 4.10. The van der Waals surface area contributed by atoms with Crippen molar-refractivity contribution < 1.29 is 0 Å². The summed E-state index contributed by atoms with van der Waals surface area (Å²) < 4.78 is 2.03. The second-order valence-electron chi connectivity index (χ2n) is 4.49. The van der Waals surface area contributed by atoms with E-state index in [-0.39, 0.29) is 6.04 Å². The van der Waals surface area contributed by atoms with Crippen LogP contribution in [0.4, 0.5) is 5.95 Å². The molecule has 0 saturated heterocycles. The number of rotatable bonds is 5. The Kier molecular flexibility index (Phi) is 4.33. The molecule has 1 aromatic heterocycles. The van der Waals surface area contributed by atoms with Crippen molar-refractivity contribution in [3.63, 3.8) is 0 Å². The molecule has 0 aliphatic heterocycles. The number of nitrogens with zero attached hydrogens (tertiary/aromatic N) is 3. The molecule has 1 aromatic carbocycles. The topological polar surface area (TPSA) is 67.6 Å². The third-order valence-electron chi connectivity index (χ3n) is 3.17. The van der Waals surface area contributed by atoms with E-state index in [0.717, 1.165) is 29.0 Å². The standard InChI is InChI=1S/C14H18N4S/c1-3-19-7-6-10(2)18-13-8-11(9-15)4-5-12(13)17-14(18)16/h4-5,8,10H,3,6-7H2,1-2H3,(H2,16,17). The summed E-state index contributed by atoms with van der Waals surface area (Å²) in [5.41, 5.74) is 8.46. The summed E-state index contributed by atoms with van der Waals surface area (Å²) in [4.78, 5) is 4.36. The van der Waals surface area contributed by atoms with Crippen LogP contribution in [0.5, 0.6) is 0 Å². The van der Waals surface area contributed by atoms with Gasteiger partial charge in [-0.15, -0.1) is 0 Å². The molecular formula is C14H18N4S.